The molecule has 0 aromatic heterocycles. The molecule has 1 aromatic rings. The fraction of sp³-hybridized carbons (Fsp3) is 0.588. The fourth-order valence-electron chi connectivity index (χ4n) is 2.97. The molecule has 0 radical (unpaired) electrons. The molecule has 0 bridgehead atoms. The van der Waals surface area contributed by atoms with Crippen LogP contribution in [0.2, 0.25) is 0 Å². The average Bonchev–Trinajstić information content (AvgIpc) is 3.02. The van der Waals surface area contributed by atoms with Gasteiger partial charge in [-0.25, -0.2) is 0 Å². The summed E-state index contributed by atoms with van der Waals surface area (Å²) in [5.41, 5.74) is 5.73. The molecule has 1 aromatic carbocycles. The van der Waals surface area contributed by atoms with E-state index >= 15 is 0 Å². The van der Waals surface area contributed by atoms with Crippen molar-refractivity contribution >= 4 is 18.3 Å². The van der Waals surface area contributed by atoms with Crippen molar-refractivity contribution in [2.24, 2.45) is 17.6 Å². The molecule has 1 fully saturated rings. The SMILES string of the molecule is COc1ccc(OC(C)CNC(=O)[C@@H]2CCC[C@@H]2CN)cc1.Cl. The molecule has 0 aliphatic heterocycles. The molecule has 1 aliphatic carbocycles. The van der Waals surface area contributed by atoms with Crippen LogP contribution in [-0.2, 0) is 4.79 Å². The minimum absolute atomic E-state index is 0. The van der Waals surface area contributed by atoms with E-state index in [1.54, 1.807) is 7.11 Å². The second kappa shape index (κ2) is 9.63. The molecule has 0 heterocycles. The lowest BCUT2D eigenvalue weighted by atomic mass is 9.95. The van der Waals surface area contributed by atoms with Crippen LogP contribution in [0.15, 0.2) is 24.3 Å². The van der Waals surface area contributed by atoms with Crippen molar-refractivity contribution in [2.75, 3.05) is 20.2 Å². The fourth-order valence-corrected chi connectivity index (χ4v) is 2.97. The zero-order chi connectivity index (χ0) is 15.9. The average molecular weight is 343 g/mol. The smallest absolute Gasteiger partial charge is 0.223 e. The van der Waals surface area contributed by atoms with Crippen LogP contribution in [0, 0.1) is 11.8 Å². The van der Waals surface area contributed by atoms with Gasteiger partial charge in [0, 0.05) is 5.92 Å². The largest absolute Gasteiger partial charge is 0.497 e. The molecular formula is C17H27ClN2O3. The number of hydrogen-bond acceptors (Lipinski definition) is 4. The predicted octanol–water partition coefficient (Wildman–Crippen LogP) is 2.38. The summed E-state index contributed by atoms with van der Waals surface area (Å²) < 4.78 is 10.9. The van der Waals surface area contributed by atoms with Crippen molar-refractivity contribution in [1.82, 2.24) is 5.32 Å². The van der Waals surface area contributed by atoms with Crippen LogP contribution in [0.3, 0.4) is 0 Å². The number of methoxy groups -OCH3 is 1. The number of carbonyl (C=O) groups excluding carboxylic acids is 1. The van der Waals surface area contributed by atoms with E-state index in [0.29, 0.717) is 19.0 Å². The first-order chi connectivity index (χ1) is 10.6. The van der Waals surface area contributed by atoms with E-state index < -0.39 is 0 Å². The van der Waals surface area contributed by atoms with E-state index in [1.807, 2.05) is 31.2 Å². The Morgan fingerprint density at radius 3 is 2.57 bits per heavy atom. The molecule has 130 valence electrons. The van der Waals surface area contributed by atoms with Crippen molar-refractivity contribution in [3.63, 3.8) is 0 Å². The van der Waals surface area contributed by atoms with Gasteiger partial charge in [-0.2, -0.15) is 0 Å². The van der Waals surface area contributed by atoms with Gasteiger partial charge in [0.15, 0.2) is 0 Å². The maximum Gasteiger partial charge on any atom is 0.223 e. The molecule has 1 amide bonds. The highest BCUT2D eigenvalue weighted by atomic mass is 35.5. The Bertz CT molecular complexity index is 481. The molecule has 1 unspecified atom stereocenters. The highest BCUT2D eigenvalue weighted by molar-refractivity contribution is 5.85. The third-order valence-corrected chi connectivity index (χ3v) is 4.26. The predicted molar refractivity (Wildman–Crippen MR) is 93.2 cm³/mol. The van der Waals surface area contributed by atoms with Gasteiger partial charge in [-0.05, 0) is 56.5 Å². The second-order valence-electron chi connectivity index (χ2n) is 5.88. The molecule has 6 heteroatoms. The Kier molecular flexibility index (Phi) is 8.20. The van der Waals surface area contributed by atoms with E-state index in [0.717, 1.165) is 30.8 Å². The number of carbonyl (C=O) groups is 1. The van der Waals surface area contributed by atoms with Crippen LogP contribution in [-0.4, -0.2) is 32.2 Å². The zero-order valence-corrected chi connectivity index (χ0v) is 14.6. The maximum absolute atomic E-state index is 12.2. The van der Waals surface area contributed by atoms with Gasteiger partial charge in [0.05, 0.1) is 13.7 Å². The summed E-state index contributed by atoms with van der Waals surface area (Å²) >= 11 is 0. The van der Waals surface area contributed by atoms with Crippen LogP contribution in [0.5, 0.6) is 11.5 Å². The number of nitrogens with one attached hydrogen (secondary N) is 1. The summed E-state index contributed by atoms with van der Waals surface area (Å²) in [4.78, 5) is 12.2. The van der Waals surface area contributed by atoms with Crippen LogP contribution in [0.1, 0.15) is 26.2 Å². The van der Waals surface area contributed by atoms with Crippen LogP contribution >= 0.6 is 12.4 Å². The van der Waals surface area contributed by atoms with Crippen molar-refractivity contribution in [3.8, 4) is 11.5 Å². The van der Waals surface area contributed by atoms with Crippen molar-refractivity contribution in [2.45, 2.75) is 32.3 Å². The first-order valence-corrected chi connectivity index (χ1v) is 7.92. The van der Waals surface area contributed by atoms with E-state index in [9.17, 15) is 4.79 Å². The first kappa shape index (κ1) is 19.6. The Hall–Kier alpha value is -1.46. The van der Waals surface area contributed by atoms with Gasteiger partial charge in [-0.3, -0.25) is 4.79 Å². The highest BCUT2D eigenvalue weighted by Gasteiger charge is 2.31. The van der Waals surface area contributed by atoms with E-state index in [-0.39, 0.29) is 30.3 Å². The minimum Gasteiger partial charge on any atom is -0.497 e. The van der Waals surface area contributed by atoms with Gasteiger partial charge >= 0.3 is 0 Å². The Labute approximate surface area is 144 Å². The molecule has 1 aliphatic rings. The number of halogens is 1. The number of rotatable bonds is 7. The van der Waals surface area contributed by atoms with Crippen LogP contribution < -0.4 is 20.5 Å². The number of nitrogens with two attached hydrogens (primary N) is 1. The molecule has 3 N–H and O–H groups in total. The van der Waals surface area contributed by atoms with E-state index in [4.69, 9.17) is 15.2 Å². The van der Waals surface area contributed by atoms with Crippen molar-refractivity contribution in [1.29, 1.82) is 0 Å². The molecule has 5 nitrogen and oxygen atoms in total. The summed E-state index contributed by atoms with van der Waals surface area (Å²) in [5, 5.41) is 2.99. The molecule has 23 heavy (non-hydrogen) atoms. The first-order valence-electron chi connectivity index (χ1n) is 7.92. The number of ether oxygens (including phenoxy) is 2. The molecule has 0 spiro atoms. The maximum atomic E-state index is 12.2. The standard InChI is InChI=1S/C17H26N2O3.ClH/c1-12(22-15-8-6-14(21-2)7-9-15)11-19-17(20)16-5-3-4-13(16)10-18;/h6-9,12-13,16H,3-5,10-11,18H2,1-2H3,(H,19,20);1H/t12?,13-,16-;/m1./s1. The molecule has 1 saturated carbocycles. The zero-order valence-electron chi connectivity index (χ0n) is 13.8. The third-order valence-electron chi connectivity index (χ3n) is 4.26. The van der Waals surface area contributed by atoms with Crippen LogP contribution in [0.25, 0.3) is 0 Å². The summed E-state index contributed by atoms with van der Waals surface area (Å²) in [5.74, 6) is 2.07. The van der Waals surface area contributed by atoms with E-state index in [1.165, 1.54) is 0 Å². The van der Waals surface area contributed by atoms with Crippen molar-refractivity contribution < 1.29 is 14.3 Å². The van der Waals surface area contributed by atoms with E-state index in [2.05, 4.69) is 5.32 Å². The van der Waals surface area contributed by atoms with Gasteiger partial charge in [0.25, 0.3) is 0 Å². The van der Waals surface area contributed by atoms with Gasteiger partial charge < -0.3 is 20.5 Å². The van der Waals surface area contributed by atoms with Crippen LogP contribution in [0.4, 0.5) is 0 Å². The Morgan fingerprint density at radius 2 is 1.96 bits per heavy atom. The van der Waals surface area contributed by atoms with Gasteiger partial charge in [0.2, 0.25) is 5.91 Å². The van der Waals surface area contributed by atoms with Gasteiger partial charge in [0.1, 0.15) is 17.6 Å². The summed E-state index contributed by atoms with van der Waals surface area (Å²) in [6.07, 6.45) is 3.02. The minimum atomic E-state index is -0.0879. The van der Waals surface area contributed by atoms with Crippen molar-refractivity contribution in [3.05, 3.63) is 24.3 Å². The Morgan fingerprint density at radius 1 is 1.30 bits per heavy atom. The lowest BCUT2D eigenvalue weighted by Crippen LogP contribution is -2.39. The monoisotopic (exact) mass is 342 g/mol. The summed E-state index contributed by atoms with van der Waals surface area (Å²) in [7, 11) is 1.63. The second-order valence-corrected chi connectivity index (χ2v) is 5.88. The topological polar surface area (TPSA) is 73.6 Å². The summed E-state index contributed by atoms with van der Waals surface area (Å²) in [6.45, 7) is 3.04. The molecular weight excluding hydrogens is 316 g/mol. The molecule has 2 rings (SSSR count). The molecule has 0 saturated heterocycles. The lowest BCUT2D eigenvalue weighted by Gasteiger charge is -2.20. The number of hydrogen-bond donors (Lipinski definition) is 2. The number of amides is 1. The number of benzene rings is 1. The quantitative estimate of drug-likeness (QED) is 0.798. The van der Waals surface area contributed by atoms with Gasteiger partial charge in [-0.1, -0.05) is 6.42 Å². The normalized spacial score (nSPS) is 21.2. The Balaban J connectivity index is 0.00000264. The summed E-state index contributed by atoms with van der Waals surface area (Å²) in [6, 6.07) is 7.42. The third kappa shape index (κ3) is 5.59. The highest BCUT2D eigenvalue weighted by Crippen LogP contribution is 2.30. The lowest BCUT2D eigenvalue weighted by molar-refractivity contribution is -0.126. The molecule has 3 atom stereocenters. The van der Waals surface area contributed by atoms with Gasteiger partial charge in [-0.15, -0.1) is 12.4 Å².